The van der Waals surface area contributed by atoms with E-state index in [0.29, 0.717) is 0 Å². The molecule has 0 saturated carbocycles. The van der Waals surface area contributed by atoms with E-state index in [9.17, 15) is 0 Å². The summed E-state index contributed by atoms with van der Waals surface area (Å²) in [6.07, 6.45) is 4.73. The van der Waals surface area contributed by atoms with E-state index in [2.05, 4.69) is 47.0 Å². The first-order valence-corrected chi connectivity index (χ1v) is 7.99. The molecule has 4 heteroatoms. The van der Waals surface area contributed by atoms with Gasteiger partial charge in [-0.1, -0.05) is 22.9 Å². The Bertz CT molecular complexity index is 590. The predicted molar refractivity (Wildman–Crippen MR) is 89.9 cm³/mol. The van der Waals surface area contributed by atoms with E-state index >= 15 is 0 Å². The first-order chi connectivity index (χ1) is 10.1. The number of hydrogen-bond acceptors (Lipinski definition) is 3. The number of benzene rings is 1. The summed E-state index contributed by atoms with van der Waals surface area (Å²) in [4.78, 5) is 4.19. The number of ether oxygens (including phenoxy) is 1. The highest BCUT2D eigenvalue weighted by atomic mass is 79.9. The molecule has 0 spiro atoms. The van der Waals surface area contributed by atoms with Gasteiger partial charge in [0, 0.05) is 29.0 Å². The summed E-state index contributed by atoms with van der Waals surface area (Å²) in [5, 5.41) is 3.38. The Labute approximate surface area is 134 Å². The molecule has 21 heavy (non-hydrogen) atoms. The molecule has 1 N–H and O–H groups in total. The second-order valence-electron chi connectivity index (χ2n) is 5.13. The molecule has 0 bridgehead atoms. The Morgan fingerprint density at radius 1 is 1.24 bits per heavy atom. The largest absolute Gasteiger partial charge is 0.457 e. The molecular weight excluding hydrogens is 328 g/mol. The molecule has 2 rings (SSSR count). The van der Waals surface area contributed by atoms with Gasteiger partial charge < -0.3 is 10.1 Å². The Morgan fingerprint density at radius 2 is 1.95 bits per heavy atom. The highest BCUT2D eigenvalue weighted by molar-refractivity contribution is 9.10. The van der Waals surface area contributed by atoms with E-state index in [1.54, 1.807) is 6.20 Å². The Morgan fingerprint density at radius 3 is 2.62 bits per heavy atom. The van der Waals surface area contributed by atoms with Crippen LogP contribution in [-0.4, -0.2) is 11.5 Å². The number of aromatic nitrogens is 1. The molecule has 112 valence electrons. The average molecular weight is 349 g/mol. The van der Waals surface area contributed by atoms with E-state index in [1.165, 1.54) is 11.1 Å². The summed E-state index contributed by atoms with van der Waals surface area (Å²) in [6.45, 7) is 8.05. The normalized spacial score (nSPS) is 10.7. The zero-order valence-corrected chi connectivity index (χ0v) is 14.3. The first-order valence-electron chi connectivity index (χ1n) is 7.20. The van der Waals surface area contributed by atoms with Crippen LogP contribution in [0.1, 0.15) is 30.0 Å². The minimum atomic E-state index is 0.769. The molecule has 0 radical (unpaired) electrons. The lowest BCUT2D eigenvalue weighted by Gasteiger charge is -2.13. The van der Waals surface area contributed by atoms with Crippen molar-refractivity contribution >= 4 is 15.9 Å². The van der Waals surface area contributed by atoms with Gasteiger partial charge in [0.1, 0.15) is 11.5 Å². The van der Waals surface area contributed by atoms with Crippen LogP contribution in [0.3, 0.4) is 0 Å². The van der Waals surface area contributed by atoms with Gasteiger partial charge in [0.05, 0.1) is 0 Å². The Hall–Kier alpha value is -1.39. The van der Waals surface area contributed by atoms with Crippen molar-refractivity contribution in [2.24, 2.45) is 0 Å². The van der Waals surface area contributed by atoms with Crippen molar-refractivity contribution in [1.29, 1.82) is 0 Å². The summed E-state index contributed by atoms with van der Waals surface area (Å²) < 4.78 is 7.19. The number of pyridine rings is 1. The average Bonchev–Trinajstić information content (AvgIpc) is 2.47. The van der Waals surface area contributed by atoms with Gasteiger partial charge in [0.2, 0.25) is 0 Å². The molecule has 1 aromatic heterocycles. The summed E-state index contributed by atoms with van der Waals surface area (Å²) >= 11 is 3.58. The minimum absolute atomic E-state index is 0.769. The number of hydrogen-bond donors (Lipinski definition) is 1. The van der Waals surface area contributed by atoms with Gasteiger partial charge in [-0.15, -0.1) is 0 Å². The molecule has 1 aromatic carbocycles. The highest BCUT2D eigenvalue weighted by Gasteiger charge is 2.07. The van der Waals surface area contributed by atoms with Gasteiger partial charge in [-0.2, -0.15) is 0 Å². The van der Waals surface area contributed by atoms with Crippen molar-refractivity contribution in [2.75, 3.05) is 6.54 Å². The molecule has 0 aliphatic carbocycles. The van der Waals surface area contributed by atoms with E-state index in [-0.39, 0.29) is 0 Å². The van der Waals surface area contributed by atoms with E-state index in [4.69, 9.17) is 4.74 Å². The van der Waals surface area contributed by atoms with Crippen LogP contribution in [0.5, 0.6) is 11.5 Å². The Balaban J connectivity index is 2.19. The minimum Gasteiger partial charge on any atom is -0.457 e. The maximum Gasteiger partial charge on any atom is 0.134 e. The first kappa shape index (κ1) is 16.0. The summed E-state index contributed by atoms with van der Waals surface area (Å²) in [6, 6.07) is 6.00. The van der Waals surface area contributed by atoms with Crippen molar-refractivity contribution in [3.63, 3.8) is 0 Å². The Kier molecular flexibility index (Phi) is 5.76. The third-order valence-corrected chi connectivity index (χ3v) is 4.49. The quantitative estimate of drug-likeness (QED) is 0.764. The summed E-state index contributed by atoms with van der Waals surface area (Å²) in [5.41, 5.74) is 3.42. The van der Waals surface area contributed by atoms with Gasteiger partial charge in [-0.3, -0.25) is 4.98 Å². The van der Waals surface area contributed by atoms with Crippen LogP contribution in [0.2, 0.25) is 0 Å². The standard InChI is InChI=1S/C17H21BrN2O/c1-4-6-19-10-14-11-20-7-5-16(14)21-15-8-12(2)17(18)13(3)9-15/h5,7-9,11,19H,4,6,10H2,1-3H3. The smallest absolute Gasteiger partial charge is 0.134 e. The predicted octanol–water partition coefficient (Wildman–Crippen LogP) is 4.75. The summed E-state index contributed by atoms with van der Waals surface area (Å²) in [5.74, 6) is 1.71. The fourth-order valence-corrected chi connectivity index (χ4v) is 2.37. The molecule has 0 aliphatic rings. The van der Waals surface area contributed by atoms with Crippen LogP contribution < -0.4 is 10.1 Å². The van der Waals surface area contributed by atoms with Gasteiger partial charge in [-0.25, -0.2) is 0 Å². The zero-order chi connectivity index (χ0) is 15.2. The second kappa shape index (κ2) is 7.57. The van der Waals surface area contributed by atoms with Crippen molar-refractivity contribution in [3.05, 3.63) is 51.8 Å². The third-order valence-electron chi connectivity index (χ3n) is 3.24. The summed E-state index contributed by atoms with van der Waals surface area (Å²) in [7, 11) is 0. The monoisotopic (exact) mass is 348 g/mol. The van der Waals surface area contributed by atoms with Crippen molar-refractivity contribution in [2.45, 2.75) is 33.7 Å². The van der Waals surface area contributed by atoms with Gasteiger partial charge >= 0.3 is 0 Å². The van der Waals surface area contributed by atoms with E-state index in [1.807, 2.05) is 24.4 Å². The lowest BCUT2D eigenvalue weighted by Crippen LogP contribution is -2.14. The molecule has 0 atom stereocenters. The maximum absolute atomic E-state index is 6.06. The molecule has 2 aromatic rings. The number of halogens is 1. The molecule has 0 unspecified atom stereocenters. The molecule has 3 nitrogen and oxygen atoms in total. The lowest BCUT2D eigenvalue weighted by molar-refractivity contribution is 0.470. The molecule has 0 amide bonds. The van der Waals surface area contributed by atoms with Crippen LogP contribution in [0.15, 0.2) is 35.1 Å². The number of rotatable bonds is 6. The van der Waals surface area contributed by atoms with Gasteiger partial charge in [-0.05, 0) is 56.1 Å². The molecule has 0 aliphatic heterocycles. The third kappa shape index (κ3) is 4.29. The zero-order valence-electron chi connectivity index (χ0n) is 12.7. The van der Waals surface area contributed by atoms with Crippen LogP contribution in [-0.2, 0) is 6.54 Å². The number of nitrogens with one attached hydrogen (secondary N) is 1. The van der Waals surface area contributed by atoms with Crippen LogP contribution in [0, 0.1) is 13.8 Å². The van der Waals surface area contributed by atoms with Gasteiger partial charge in [0.25, 0.3) is 0 Å². The number of aryl methyl sites for hydroxylation is 2. The maximum atomic E-state index is 6.06. The molecule has 0 saturated heterocycles. The van der Waals surface area contributed by atoms with E-state index in [0.717, 1.165) is 41.0 Å². The second-order valence-corrected chi connectivity index (χ2v) is 5.93. The molecular formula is C17H21BrN2O. The van der Waals surface area contributed by atoms with Crippen molar-refractivity contribution in [3.8, 4) is 11.5 Å². The fraction of sp³-hybridized carbons (Fsp3) is 0.353. The van der Waals surface area contributed by atoms with Crippen LogP contribution in [0.4, 0.5) is 0 Å². The SMILES string of the molecule is CCCNCc1cnccc1Oc1cc(C)c(Br)c(C)c1. The number of nitrogens with zero attached hydrogens (tertiary/aromatic N) is 1. The van der Waals surface area contributed by atoms with Crippen LogP contribution >= 0.6 is 15.9 Å². The highest BCUT2D eigenvalue weighted by Crippen LogP contribution is 2.30. The van der Waals surface area contributed by atoms with Crippen LogP contribution in [0.25, 0.3) is 0 Å². The molecule has 1 heterocycles. The topological polar surface area (TPSA) is 34.2 Å². The lowest BCUT2D eigenvalue weighted by atomic mass is 10.1. The van der Waals surface area contributed by atoms with Gasteiger partial charge in [0.15, 0.2) is 0 Å². The van der Waals surface area contributed by atoms with Crippen molar-refractivity contribution in [1.82, 2.24) is 10.3 Å². The van der Waals surface area contributed by atoms with Crippen molar-refractivity contribution < 1.29 is 4.74 Å². The van der Waals surface area contributed by atoms with E-state index < -0.39 is 0 Å². The fourth-order valence-electron chi connectivity index (χ4n) is 2.14. The molecule has 0 fully saturated rings.